The van der Waals surface area contributed by atoms with Crippen LogP contribution >= 0.6 is 0 Å². The van der Waals surface area contributed by atoms with Crippen LogP contribution in [0.25, 0.3) is 0 Å². The van der Waals surface area contributed by atoms with Gasteiger partial charge in [-0.2, -0.15) is 0 Å². The van der Waals surface area contributed by atoms with Gasteiger partial charge in [-0.15, -0.1) is 0 Å². The van der Waals surface area contributed by atoms with Crippen LogP contribution in [0, 0.1) is 0 Å². The van der Waals surface area contributed by atoms with Gasteiger partial charge in [-0.3, -0.25) is 0 Å². The number of rotatable bonds is 4. The predicted octanol–water partition coefficient (Wildman–Crippen LogP) is 4.16. The van der Waals surface area contributed by atoms with Crippen LogP contribution in [0.4, 0.5) is 0 Å². The smallest absolute Gasteiger partial charge is 0.120 e. The highest BCUT2D eigenvalue weighted by atomic mass is 16.5. The first-order valence-corrected chi connectivity index (χ1v) is 7.85. The lowest BCUT2D eigenvalue weighted by Gasteiger charge is -2.22. The van der Waals surface area contributed by atoms with Crippen LogP contribution in [-0.4, -0.2) is 0 Å². The average molecular weight is 281 g/mol. The van der Waals surface area contributed by atoms with Crippen molar-refractivity contribution in [2.45, 2.75) is 45.3 Å². The second kappa shape index (κ2) is 6.31. The van der Waals surface area contributed by atoms with Crippen molar-refractivity contribution in [1.29, 1.82) is 0 Å². The van der Waals surface area contributed by atoms with E-state index in [0.717, 1.165) is 25.0 Å². The van der Waals surface area contributed by atoms with Crippen molar-refractivity contribution < 1.29 is 4.74 Å². The van der Waals surface area contributed by atoms with Gasteiger partial charge in [0.05, 0.1) is 0 Å². The monoisotopic (exact) mass is 281 g/mol. The fourth-order valence-corrected chi connectivity index (χ4v) is 2.94. The minimum Gasteiger partial charge on any atom is -0.489 e. The zero-order valence-corrected chi connectivity index (χ0v) is 12.6. The van der Waals surface area contributed by atoms with Gasteiger partial charge in [0.2, 0.25) is 0 Å². The molecule has 1 aliphatic rings. The molecule has 0 spiro atoms. The van der Waals surface area contributed by atoms with Crippen LogP contribution in [0.5, 0.6) is 5.75 Å². The molecule has 2 aromatic rings. The topological polar surface area (TPSA) is 35.2 Å². The molecule has 0 amide bonds. The van der Waals surface area contributed by atoms with Crippen molar-refractivity contribution in [3.63, 3.8) is 0 Å². The van der Waals surface area contributed by atoms with Gasteiger partial charge in [0.1, 0.15) is 12.4 Å². The summed E-state index contributed by atoms with van der Waals surface area (Å²) in [4.78, 5) is 0. The Morgan fingerprint density at radius 1 is 1.10 bits per heavy atom. The van der Waals surface area contributed by atoms with E-state index in [0.29, 0.717) is 6.61 Å². The Labute approximate surface area is 126 Å². The molecule has 0 heterocycles. The van der Waals surface area contributed by atoms with Gasteiger partial charge in [0, 0.05) is 6.04 Å². The lowest BCUT2D eigenvalue weighted by molar-refractivity contribution is 0.305. The van der Waals surface area contributed by atoms with E-state index in [1.165, 1.54) is 28.7 Å². The Hall–Kier alpha value is -1.80. The zero-order valence-electron chi connectivity index (χ0n) is 12.6. The van der Waals surface area contributed by atoms with Crippen LogP contribution < -0.4 is 10.5 Å². The summed E-state index contributed by atoms with van der Waals surface area (Å²) in [7, 11) is 0. The maximum atomic E-state index is 6.20. The minimum absolute atomic E-state index is 0.168. The van der Waals surface area contributed by atoms with Gasteiger partial charge in [-0.1, -0.05) is 37.3 Å². The van der Waals surface area contributed by atoms with E-state index in [-0.39, 0.29) is 6.04 Å². The molecule has 3 rings (SSSR count). The number of nitrogens with two attached hydrogens (primary N) is 1. The van der Waals surface area contributed by atoms with Gasteiger partial charge < -0.3 is 10.5 Å². The molecule has 2 nitrogen and oxygen atoms in total. The number of hydrogen-bond acceptors (Lipinski definition) is 2. The maximum absolute atomic E-state index is 6.20. The Bertz CT molecular complexity index is 603. The highest BCUT2D eigenvalue weighted by Crippen LogP contribution is 2.31. The fourth-order valence-electron chi connectivity index (χ4n) is 2.94. The first-order valence-electron chi connectivity index (χ1n) is 7.85. The molecule has 1 atom stereocenters. The van der Waals surface area contributed by atoms with Crippen LogP contribution in [0.15, 0.2) is 42.5 Å². The zero-order chi connectivity index (χ0) is 14.7. The summed E-state index contributed by atoms with van der Waals surface area (Å²) in [5.41, 5.74) is 11.4. The van der Waals surface area contributed by atoms with Crippen molar-refractivity contribution in [3.05, 3.63) is 64.7 Å². The second-order valence-electron chi connectivity index (χ2n) is 5.82. The van der Waals surface area contributed by atoms with Crippen molar-refractivity contribution in [2.24, 2.45) is 5.73 Å². The summed E-state index contributed by atoms with van der Waals surface area (Å²) in [5, 5.41) is 0. The van der Waals surface area contributed by atoms with Gasteiger partial charge in [0.25, 0.3) is 0 Å². The molecule has 0 bridgehead atoms. The lowest BCUT2D eigenvalue weighted by atomic mass is 9.88. The molecule has 1 aliphatic carbocycles. The molecule has 0 saturated heterocycles. The van der Waals surface area contributed by atoms with Gasteiger partial charge in [0.15, 0.2) is 0 Å². The van der Waals surface area contributed by atoms with E-state index in [1.807, 2.05) is 0 Å². The Morgan fingerprint density at radius 3 is 2.62 bits per heavy atom. The summed E-state index contributed by atoms with van der Waals surface area (Å²) in [6.07, 6.45) is 4.48. The molecule has 0 aliphatic heterocycles. The quantitative estimate of drug-likeness (QED) is 0.913. The third-order valence-electron chi connectivity index (χ3n) is 4.31. The largest absolute Gasteiger partial charge is 0.489 e. The Balaban J connectivity index is 1.68. The first kappa shape index (κ1) is 14.2. The number of ether oxygens (including phenoxy) is 1. The molecule has 21 heavy (non-hydrogen) atoms. The second-order valence-corrected chi connectivity index (χ2v) is 5.82. The molecule has 2 N–H and O–H groups in total. The van der Waals surface area contributed by atoms with Crippen molar-refractivity contribution in [1.82, 2.24) is 0 Å². The number of hydrogen-bond donors (Lipinski definition) is 1. The van der Waals surface area contributed by atoms with Crippen LogP contribution in [0.1, 0.15) is 48.1 Å². The molecule has 2 heteroatoms. The van der Waals surface area contributed by atoms with E-state index in [9.17, 15) is 0 Å². The van der Waals surface area contributed by atoms with E-state index in [2.05, 4.69) is 49.4 Å². The van der Waals surface area contributed by atoms with Crippen LogP contribution in [0.2, 0.25) is 0 Å². The van der Waals surface area contributed by atoms with Crippen molar-refractivity contribution in [2.75, 3.05) is 0 Å². The highest BCUT2D eigenvalue weighted by Gasteiger charge is 2.17. The standard InChI is InChI=1S/C19H23NO/c1-2-14-6-8-15(9-7-14)13-21-17-11-10-16-4-3-5-19(20)18(16)12-17/h6-12,19H,2-5,13,20H2,1H3. The molecule has 2 aromatic carbocycles. The van der Waals surface area contributed by atoms with E-state index in [4.69, 9.17) is 10.5 Å². The molecular weight excluding hydrogens is 258 g/mol. The molecule has 0 radical (unpaired) electrons. The predicted molar refractivity (Wildman–Crippen MR) is 86.5 cm³/mol. The fraction of sp³-hybridized carbons (Fsp3) is 0.368. The SMILES string of the molecule is CCc1ccc(COc2ccc3c(c2)C(N)CCC3)cc1. The van der Waals surface area contributed by atoms with Gasteiger partial charge >= 0.3 is 0 Å². The minimum atomic E-state index is 0.168. The molecule has 0 aromatic heterocycles. The van der Waals surface area contributed by atoms with E-state index >= 15 is 0 Å². The summed E-state index contributed by atoms with van der Waals surface area (Å²) in [5.74, 6) is 0.922. The van der Waals surface area contributed by atoms with Gasteiger partial charge in [-0.05, 0) is 60.1 Å². The maximum Gasteiger partial charge on any atom is 0.120 e. The molecule has 110 valence electrons. The molecule has 1 unspecified atom stereocenters. The lowest BCUT2D eigenvalue weighted by Crippen LogP contribution is -2.17. The first-order chi connectivity index (χ1) is 10.3. The van der Waals surface area contributed by atoms with Crippen LogP contribution in [-0.2, 0) is 19.4 Å². The third kappa shape index (κ3) is 3.27. The van der Waals surface area contributed by atoms with Crippen molar-refractivity contribution in [3.8, 4) is 5.75 Å². The Kier molecular flexibility index (Phi) is 4.26. The summed E-state index contributed by atoms with van der Waals surface area (Å²) in [6, 6.07) is 15.1. The Morgan fingerprint density at radius 2 is 1.86 bits per heavy atom. The summed E-state index contributed by atoms with van der Waals surface area (Å²) in [6.45, 7) is 2.78. The molecule has 0 saturated carbocycles. The summed E-state index contributed by atoms with van der Waals surface area (Å²) >= 11 is 0. The average Bonchev–Trinajstić information content (AvgIpc) is 2.54. The number of aryl methyl sites for hydroxylation is 2. The molecule has 0 fully saturated rings. The van der Waals surface area contributed by atoms with Gasteiger partial charge in [-0.25, -0.2) is 0 Å². The van der Waals surface area contributed by atoms with E-state index in [1.54, 1.807) is 0 Å². The summed E-state index contributed by atoms with van der Waals surface area (Å²) < 4.78 is 5.92. The normalized spacial score (nSPS) is 17.3. The third-order valence-corrected chi connectivity index (χ3v) is 4.31. The highest BCUT2D eigenvalue weighted by molar-refractivity contribution is 5.39. The van der Waals surface area contributed by atoms with E-state index < -0.39 is 0 Å². The molecular formula is C19H23NO. The number of benzene rings is 2. The number of fused-ring (bicyclic) bond motifs is 1. The van der Waals surface area contributed by atoms with Crippen molar-refractivity contribution >= 4 is 0 Å². The van der Waals surface area contributed by atoms with Crippen LogP contribution in [0.3, 0.4) is 0 Å².